The summed E-state index contributed by atoms with van der Waals surface area (Å²) < 4.78 is 15.6. The molecule has 4 aromatic heterocycles. The summed E-state index contributed by atoms with van der Waals surface area (Å²) in [5, 5.41) is 2.33. The van der Waals surface area contributed by atoms with Crippen molar-refractivity contribution in [3.8, 4) is 0 Å². The summed E-state index contributed by atoms with van der Waals surface area (Å²) in [7, 11) is 0.961. The maximum Gasteiger partial charge on any atom is 0.137 e. The van der Waals surface area contributed by atoms with Gasteiger partial charge in [-0.3, -0.25) is 0 Å². The van der Waals surface area contributed by atoms with Gasteiger partial charge >= 0.3 is 0 Å². The molecule has 206 valence electrons. The highest BCUT2D eigenvalue weighted by Gasteiger charge is 2.13. The molecule has 0 saturated carbocycles. The molecule has 0 aliphatic carbocycles. The molecule has 2 aliphatic heterocycles. The molecule has 2 aliphatic rings. The molecule has 10 heteroatoms. The van der Waals surface area contributed by atoms with Crippen molar-refractivity contribution < 1.29 is 14.2 Å². The number of hydrogen-bond acceptors (Lipinski definition) is 7. The second-order valence-electron chi connectivity index (χ2n) is 10.7. The number of rotatable bonds is 5. The Labute approximate surface area is 226 Å². The fourth-order valence-corrected chi connectivity index (χ4v) is 5.07. The number of morpholine rings is 2. The molecular formula is C28H42N6O3Si. The second-order valence-corrected chi connectivity index (χ2v) is 16.3. The third kappa shape index (κ3) is 8.29. The molecular weight excluding hydrogens is 496 g/mol. The van der Waals surface area contributed by atoms with Crippen LogP contribution in [0.2, 0.25) is 25.7 Å². The maximum absolute atomic E-state index is 5.33. The Morgan fingerprint density at radius 3 is 1.61 bits per heavy atom. The van der Waals surface area contributed by atoms with Crippen LogP contribution in [0.1, 0.15) is 0 Å². The smallest absolute Gasteiger partial charge is 0.137 e. The molecule has 0 amide bonds. The molecule has 0 unspecified atom stereocenters. The molecule has 2 N–H and O–H groups in total. The highest BCUT2D eigenvalue weighted by Crippen LogP contribution is 2.21. The Bertz CT molecular complexity index is 1150. The summed E-state index contributed by atoms with van der Waals surface area (Å²) in [5.41, 5.74) is 4.27. The van der Waals surface area contributed by atoms with Crippen LogP contribution in [0.25, 0.3) is 22.1 Å². The average molecular weight is 539 g/mol. The van der Waals surface area contributed by atoms with Gasteiger partial charge in [0.05, 0.1) is 50.2 Å². The van der Waals surface area contributed by atoms with Crippen LogP contribution in [-0.4, -0.2) is 94.3 Å². The summed E-state index contributed by atoms with van der Waals surface area (Å²) in [4.78, 5) is 19.6. The van der Waals surface area contributed by atoms with Gasteiger partial charge in [0.25, 0.3) is 0 Å². The average Bonchev–Trinajstić information content (AvgIpc) is 3.62. The number of pyridine rings is 2. The molecule has 6 rings (SSSR count). The van der Waals surface area contributed by atoms with E-state index in [9.17, 15) is 0 Å². The van der Waals surface area contributed by atoms with Crippen LogP contribution in [0.5, 0.6) is 0 Å². The molecule has 6 heterocycles. The van der Waals surface area contributed by atoms with Crippen LogP contribution >= 0.6 is 0 Å². The molecule has 0 atom stereocenters. The first-order chi connectivity index (χ1) is 18.4. The summed E-state index contributed by atoms with van der Waals surface area (Å²) in [6.45, 7) is 15.1. The van der Waals surface area contributed by atoms with Gasteiger partial charge in [0.15, 0.2) is 0 Å². The van der Waals surface area contributed by atoms with E-state index in [1.54, 1.807) is 7.11 Å². The van der Waals surface area contributed by atoms with Crippen LogP contribution in [0.4, 0.5) is 11.4 Å². The van der Waals surface area contributed by atoms with Gasteiger partial charge < -0.3 is 34.0 Å². The van der Waals surface area contributed by atoms with Crippen LogP contribution in [0.3, 0.4) is 0 Å². The van der Waals surface area contributed by atoms with Crippen LogP contribution in [-0.2, 0) is 14.2 Å². The lowest BCUT2D eigenvalue weighted by Gasteiger charge is -2.28. The van der Waals surface area contributed by atoms with Gasteiger partial charge in [-0.05, 0) is 30.3 Å². The van der Waals surface area contributed by atoms with Crippen molar-refractivity contribution in [1.82, 2.24) is 19.9 Å². The number of aromatic nitrogens is 4. The number of aromatic amines is 2. The lowest BCUT2D eigenvalue weighted by molar-refractivity contribution is 0.122. The highest BCUT2D eigenvalue weighted by molar-refractivity contribution is 6.76. The zero-order chi connectivity index (χ0) is 26.8. The Morgan fingerprint density at radius 2 is 1.24 bits per heavy atom. The predicted octanol–water partition coefficient (Wildman–Crippen LogP) is 4.77. The van der Waals surface area contributed by atoms with Gasteiger partial charge in [-0.25, -0.2) is 9.97 Å². The molecule has 0 aromatic carbocycles. The zero-order valence-corrected chi connectivity index (χ0v) is 24.2. The molecule has 0 bridgehead atoms. The molecule has 4 aromatic rings. The van der Waals surface area contributed by atoms with Gasteiger partial charge in [-0.2, -0.15) is 0 Å². The predicted molar refractivity (Wildman–Crippen MR) is 158 cm³/mol. The van der Waals surface area contributed by atoms with E-state index in [0.717, 1.165) is 70.5 Å². The van der Waals surface area contributed by atoms with Crippen molar-refractivity contribution in [2.75, 3.05) is 76.1 Å². The van der Waals surface area contributed by atoms with Crippen molar-refractivity contribution in [1.29, 1.82) is 0 Å². The van der Waals surface area contributed by atoms with E-state index < -0.39 is 8.07 Å². The van der Waals surface area contributed by atoms with Crippen molar-refractivity contribution >= 4 is 41.5 Å². The van der Waals surface area contributed by atoms with Crippen molar-refractivity contribution in [3.05, 3.63) is 49.1 Å². The lowest BCUT2D eigenvalue weighted by Crippen LogP contribution is -2.36. The first-order valence-electron chi connectivity index (χ1n) is 13.4. The Hall–Kier alpha value is -2.92. The van der Waals surface area contributed by atoms with Crippen LogP contribution < -0.4 is 9.80 Å². The maximum atomic E-state index is 5.33. The van der Waals surface area contributed by atoms with E-state index in [0.29, 0.717) is 0 Å². The number of methoxy groups -OCH3 is 1. The summed E-state index contributed by atoms with van der Waals surface area (Å²) in [6.07, 6.45) is 7.68. The number of anilines is 2. The van der Waals surface area contributed by atoms with E-state index in [1.807, 2.05) is 36.9 Å². The summed E-state index contributed by atoms with van der Waals surface area (Å²) in [6, 6.07) is 9.72. The van der Waals surface area contributed by atoms with E-state index in [4.69, 9.17) is 14.2 Å². The highest BCUT2D eigenvalue weighted by atomic mass is 28.3. The standard InChI is InChI=1S/2C11H13N3O.C6H16OSi/c2*1-2-12-11-9(1)7-10(8-13-11)14-3-5-15-6-4-14;1-7-5-6-8(2,3)4/h2*1-2,7-8H,3-6H2,(H,12,13);5-6H2,1-4H3. The molecule has 2 fully saturated rings. The molecule has 9 nitrogen and oxygen atoms in total. The summed E-state index contributed by atoms with van der Waals surface area (Å²) in [5.74, 6) is 0. The number of hydrogen-bond donors (Lipinski definition) is 2. The molecule has 2 saturated heterocycles. The van der Waals surface area contributed by atoms with Gasteiger partial charge in [0, 0.05) is 71.1 Å². The molecule has 0 spiro atoms. The summed E-state index contributed by atoms with van der Waals surface area (Å²) >= 11 is 0. The van der Waals surface area contributed by atoms with E-state index in [1.165, 1.54) is 28.2 Å². The number of nitrogens with zero attached hydrogens (tertiary/aromatic N) is 4. The minimum absolute atomic E-state index is 0.803. The number of H-pyrrole nitrogens is 2. The van der Waals surface area contributed by atoms with Crippen molar-refractivity contribution in [2.45, 2.75) is 25.7 Å². The van der Waals surface area contributed by atoms with Crippen molar-refractivity contribution in [2.24, 2.45) is 0 Å². The van der Waals surface area contributed by atoms with Gasteiger partial charge in [0.2, 0.25) is 0 Å². The number of nitrogens with one attached hydrogen (secondary N) is 2. The third-order valence-corrected chi connectivity index (χ3v) is 8.28. The van der Waals surface area contributed by atoms with Crippen molar-refractivity contribution in [3.63, 3.8) is 0 Å². The lowest BCUT2D eigenvalue weighted by atomic mass is 10.3. The topological polar surface area (TPSA) is 91.5 Å². The number of fused-ring (bicyclic) bond motifs is 2. The molecule has 0 radical (unpaired) electrons. The normalized spacial score (nSPS) is 16.1. The van der Waals surface area contributed by atoms with E-state index in [-0.39, 0.29) is 0 Å². The quantitative estimate of drug-likeness (QED) is 0.354. The third-order valence-electron chi connectivity index (χ3n) is 6.58. The SMILES string of the molecule is COCC[Si](C)(C)C.c1cc2cc(N3CCOCC3)cnc2[nH]1.c1cc2cc(N3CCOCC3)cnc2[nH]1. The van der Waals surface area contributed by atoms with Crippen LogP contribution in [0, 0.1) is 0 Å². The Balaban J connectivity index is 0.000000140. The van der Waals surface area contributed by atoms with Gasteiger partial charge in [-0.15, -0.1) is 0 Å². The fraction of sp³-hybridized carbons (Fsp3) is 0.500. The van der Waals surface area contributed by atoms with Crippen LogP contribution in [0.15, 0.2) is 49.1 Å². The van der Waals surface area contributed by atoms with Gasteiger partial charge in [-0.1, -0.05) is 19.6 Å². The monoisotopic (exact) mass is 538 g/mol. The van der Waals surface area contributed by atoms with E-state index in [2.05, 4.69) is 61.5 Å². The largest absolute Gasteiger partial charge is 0.385 e. The molecule has 38 heavy (non-hydrogen) atoms. The Kier molecular flexibility index (Phi) is 10.2. The number of ether oxygens (including phenoxy) is 3. The van der Waals surface area contributed by atoms with E-state index >= 15 is 0 Å². The minimum Gasteiger partial charge on any atom is -0.385 e. The first-order valence-corrected chi connectivity index (χ1v) is 17.1. The zero-order valence-electron chi connectivity index (χ0n) is 23.2. The first kappa shape index (κ1) is 28.1. The Morgan fingerprint density at radius 1 is 0.789 bits per heavy atom. The fourth-order valence-electron chi connectivity index (χ4n) is 4.25. The second kappa shape index (κ2) is 13.7. The minimum atomic E-state index is -0.803. The van der Waals surface area contributed by atoms with Gasteiger partial charge in [0.1, 0.15) is 11.3 Å².